The molecule has 0 bridgehead atoms. The van der Waals surface area contributed by atoms with Crippen molar-refractivity contribution in [3.05, 3.63) is 35.8 Å². The molecule has 0 atom stereocenters. The number of fused-ring (bicyclic) bond motifs is 1. The number of carbonyl (C=O) groups excluding carboxylic acids is 1. The van der Waals surface area contributed by atoms with Crippen LogP contribution in [0.3, 0.4) is 0 Å². The van der Waals surface area contributed by atoms with E-state index in [9.17, 15) is 4.79 Å². The van der Waals surface area contributed by atoms with Gasteiger partial charge in [0.25, 0.3) is 0 Å². The highest BCUT2D eigenvalue weighted by Gasteiger charge is 1.99. The summed E-state index contributed by atoms with van der Waals surface area (Å²) in [6.07, 6.45) is 5.09. The van der Waals surface area contributed by atoms with Crippen molar-refractivity contribution in [1.82, 2.24) is 9.38 Å². The first-order valence-electron chi connectivity index (χ1n) is 4.17. The Hall–Kier alpha value is -1.64. The Labute approximate surface area is 76.0 Å². The van der Waals surface area contributed by atoms with E-state index in [1.807, 2.05) is 35.9 Å². The van der Waals surface area contributed by atoms with Crippen LogP contribution in [0.25, 0.3) is 5.65 Å². The molecule has 2 heterocycles. The van der Waals surface area contributed by atoms with E-state index in [2.05, 4.69) is 4.98 Å². The Balaban J connectivity index is 2.55. The SMILES string of the molecule is Cc1ccn2cc(CC=O)nc2c1. The van der Waals surface area contributed by atoms with Crippen LogP contribution in [0.2, 0.25) is 0 Å². The summed E-state index contributed by atoms with van der Waals surface area (Å²) in [5.41, 5.74) is 2.90. The Morgan fingerprint density at radius 3 is 3.23 bits per heavy atom. The van der Waals surface area contributed by atoms with Crippen molar-refractivity contribution in [2.75, 3.05) is 0 Å². The van der Waals surface area contributed by atoms with Crippen LogP contribution in [0.15, 0.2) is 24.5 Å². The number of aromatic nitrogens is 2. The largest absolute Gasteiger partial charge is 0.307 e. The summed E-state index contributed by atoms with van der Waals surface area (Å²) in [4.78, 5) is 14.6. The number of pyridine rings is 1. The van der Waals surface area contributed by atoms with Crippen molar-refractivity contribution >= 4 is 11.9 Å². The molecule has 0 aliphatic carbocycles. The van der Waals surface area contributed by atoms with Crippen molar-refractivity contribution in [1.29, 1.82) is 0 Å². The summed E-state index contributed by atoms with van der Waals surface area (Å²) in [5, 5.41) is 0. The molecule has 0 aromatic carbocycles. The van der Waals surface area contributed by atoms with E-state index in [4.69, 9.17) is 0 Å². The first-order chi connectivity index (χ1) is 6.29. The maximum Gasteiger partial charge on any atom is 0.137 e. The maximum absolute atomic E-state index is 10.3. The highest BCUT2D eigenvalue weighted by molar-refractivity contribution is 5.55. The van der Waals surface area contributed by atoms with Gasteiger partial charge in [0.05, 0.1) is 5.69 Å². The number of rotatable bonds is 2. The third-order valence-electron chi connectivity index (χ3n) is 1.96. The molecule has 0 spiro atoms. The molecule has 66 valence electrons. The van der Waals surface area contributed by atoms with Crippen LogP contribution in [0.1, 0.15) is 11.3 Å². The van der Waals surface area contributed by atoms with Gasteiger partial charge in [0, 0.05) is 18.8 Å². The topological polar surface area (TPSA) is 34.4 Å². The number of imidazole rings is 1. The first-order valence-corrected chi connectivity index (χ1v) is 4.17. The van der Waals surface area contributed by atoms with Crippen molar-refractivity contribution in [3.8, 4) is 0 Å². The number of carbonyl (C=O) groups is 1. The Morgan fingerprint density at radius 2 is 2.46 bits per heavy atom. The maximum atomic E-state index is 10.3. The lowest BCUT2D eigenvalue weighted by Gasteiger charge is -1.92. The van der Waals surface area contributed by atoms with Crippen LogP contribution < -0.4 is 0 Å². The fraction of sp³-hybridized carbons (Fsp3) is 0.200. The Morgan fingerprint density at radius 1 is 1.62 bits per heavy atom. The van der Waals surface area contributed by atoms with Crippen molar-refractivity contribution in [2.24, 2.45) is 0 Å². The first kappa shape index (κ1) is 7.98. The molecule has 0 radical (unpaired) electrons. The van der Waals surface area contributed by atoms with E-state index >= 15 is 0 Å². The summed E-state index contributed by atoms with van der Waals surface area (Å²) >= 11 is 0. The monoisotopic (exact) mass is 174 g/mol. The molecule has 0 aliphatic heterocycles. The molecular formula is C10H10N2O. The second kappa shape index (κ2) is 3.01. The van der Waals surface area contributed by atoms with Gasteiger partial charge < -0.3 is 9.20 Å². The summed E-state index contributed by atoms with van der Waals surface area (Å²) in [6, 6.07) is 4.01. The molecule has 2 aromatic rings. The lowest BCUT2D eigenvalue weighted by Crippen LogP contribution is -1.83. The van der Waals surface area contributed by atoms with Gasteiger partial charge in [-0.2, -0.15) is 0 Å². The van der Waals surface area contributed by atoms with Crippen LogP contribution in [0, 0.1) is 6.92 Å². The van der Waals surface area contributed by atoms with Crippen LogP contribution in [-0.2, 0) is 11.2 Å². The second-order valence-electron chi connectivity index (χ2n) is 3.07. The molecule has 0 aliphatic rings. The van der Waals surface area contributed by atoms with Gasteiger partial charge in [-0.05, 0) is 24.6 Å². The number of nitrogens with zero attached hydrogens (tertiary/aromatic N) is 2. The minimum Gasteiger partial charge on any atom is -0.307 e. The van der Waals surface area contributed by atoms with Crippen LogP contribution in [0.4, 0.5) is 0 Å². The van der Waals surface area contributed by atoms with E-state index in [0.717, 1.165) is 17.6 Å². The van der Waals surface area contributed by atoms with E-state index in [1.165, 1.54) is 5.56 Å². The van der Waals surface area contributed by atoms with Crippen LogP contribution in [-0.4, -0.2) is 15.7 Å². The second-order valence-corrected chi connectivity index (χ2v) is 3.07. The molecule has 2 rings (SSSR count). The molecule has 0 N–H and O–H groups in total. The highest BCUT2D eigenvalue weighted by Crippen LogP contribution is 2.07. The average Bonchev–Trinajstić information content (AvgIpc) is 2.46. The Kier molecular flexibility index (Phi) is 1.85. The van der Waals surface area contributed by atoms with Crippen molar-refractivity contribution in [2.45, 2.75) is 13.3 Å². The van der Waals surface area contributed by atoms with Crippen molar-refractivity contribution < 1.29 is 4.79 Å². The predicted octanol–water partition coefficient (Wildman–Crippen LogP) is 1.38. The zero-order valence-corrected chi connectivity index (χ0v) is 7.40. The normalized spacial score (nSPS) is 10.5. The van der Waals surface area contributed by atoms with Crippen LogP contribution in [0.5, 0.6) is 0 Å². The van der Waals surface area contributed by atoms with Gasteiger partial charge in [0.15, 0.2) is 0 Å². The minimum atomic E-state index is 0.390. The number of hydrogen-bond acceptors (Lipinski definition) is 2. The number of aryl methyl sites for hydroxylation is 1. The van der Waals surface area contributed by atoms with Crippen LogP contribution >= 0.6 is 0 Å². The summed E-state index contributed by atoms with van der Waals surface area (Å²) in [6.45, 7) is 2.02. The van der Waals surface area contributed by atoms with E-state index in [1.54, 1.807) is 0 Å². The van der Waals surface area contributed by atoms with Gasteiger partial charge in [-0.1, -0.05) is 0 Å². The van der Waals surface area contributed by atoms with E-state index < -0.39 is 0 Å². The molecule has 0 fully saturated rings. The molecule has 0 saturated heterocycles. The predicted molar refractivity (Wildman–Crippen MR) is 49.7 cm³/mol. The molecule has 2 aromatic heterocycles. The molecular weight excluding hydrogens is 164 g/mol. The van der Waals surface area contributed by atoms with Gasteiger partial charge in [-0.15, -0.1) is 0 Å². The zero-order chi connectivity index (χ0) is 9.26. The average molecular weight is 174 g/mol. The van der Waals surface area contributed by atoms with Gasteiger partial charge in [0.1, 0.15) is 11.9 Å². The molecule has 3 heteroatoms. The van der Waals surface area contributed by atoms with E-state index in [-0.39, 0.29) is 0 Å². The summed E-state index contributed by atoms with van der Waals surface area (Å²) in [7, 11) is 0. The fourth-order valence-corrected chi connectivity index (χ4v) is 1.32. The third-order valence-corrected chi connectivity index (χ3v) is 1.96. The Bertz CT molecular complexity index is 445. The molecule has 13 heavy (non-hydrogen) atoms. The van der Waals surface area contributed by atoms with Gasteiger partial charge in [-0.3, -0.25) is 0 Å². The summed E-state index contributed by atoms with van der Waals surface area (Å²) in [5.74, 6) is 0. The molecule has 3 nitrogen and oxygen atoms in total. The number of hydrogen-bond donors (Lipinski definition) is 0. The highest BCUT2D eigenvalue weighted by atomic mass is 16.1. The standard InChI is InChI=1S/C10H10N2O/c1-8-2-4-12-7-9(3-5-13)11-10(12)6-8/h2,4-7H,3H2,1H3. The zero-order valence-electron chi connectivity index (χ0n) is 7.40. The minimum absolute atomic E-state index is 0.390. The van der Waals surface area contributed by atoms with Crippen molar-refractivity contribution in [3.63, 3.8) is 0 Å². The molecule has 0 unspecified atom stereocenters. The fourth-order valence-electron chi connectivity index (χ4n) is 1.32. The third kappa shape index (κ3) is 1.45. The van der Waals surface area contributed by atoms with Gasteiger partial charge in [-0.25, -0.2) is 4.98 Å². The quantitative estimate of drug-likeness (QED) is 0.645. The van der Waals surface area contributed by atoms with Gasteiger partial charge in [0.2, 0.25) is 0 Å². The lowest BCUT2D eigenvalue weighted by molar-refractivity contribution is -0.107. The van der Waals surface area contributed by atoms with Gasteiger partial charge >= 0.3 is 0 Å². The van der Waals surface area contributed by atoms with E-state index in [0.29, 0.717) is 6.42 Å². The lowest BCUT2D eigenvalue weighted by atomic mass is 10.3. The molecule has 0 saturated carbocycles. The molecule has 0 amide bonds. The summed E-state index contributed by atoms with van der Waals surface area (Å²) < 4.78 is 1.92. The number of aldehydes is 1. The smallest absolute Gasteiger partial charge is 0.137 e.